The van der Waals surface area contributed by atoms with Gasteiger partial charge < -0.3 is 19.2 Å². The number of furan rings is 1. The van der Waals surface area contributed by atoms with Crippen LogP contribution in [0.2, 0.25) is 5.02 Å². The van der Waals surface area contributed by atoms with E-state index in [1.54, 1.807) is 49.6 Å². The van der Waals surface area contributed by atoms with Gasteiger partial charge in [-0.05, 0) is 42.5 Å². The fourth-order valence-electron chi connectivity index (χ4n) is 2.97. The molecule has 30 heavy (non-hydrogen) atoms. The molecule has 0 amide bonds. The Balaban J connectivity index is 1.68. The number of carbonyl (C=O) groups is 1. The van der Waals surface area contributed by atoms with Gasteiger partial charge in [0.1, 0.15) is 29.2 Å². The lowest BCUT2D eigenvalue weighted by Crippen LogP contribution is -1.97. The highest BCUT2D eigenvalue weighted by Crippen LogP contribution is 2.29. The molecule has 2 aromatic heterocycles. The van der Waals surface area contributed by atoms with Gasteiger partial charge in [-0.25, -0.2) is 9.78 Å². The van der Waals surface area contributed by atoms with E-state index in [0.29, 0.717) is 34.2 Å². The molecule has 4 aromatic rings. The lowest BCUT2D eigenvalue weighted by molar-refractivity contribution is 0.0697. The summed E-state index contributed by atoms with van der Waals surface area (Å²) in [5.74, 6) is 0.832. The molecule has 0 aliphatic carbocycles. The first-order chi connectivity index (χ1) is 14.5. The topological polar surface area (TPSA) is 112 Å². The number of aromatic amines is 1. The van der Waals surface area contributed by atoms with Crippen molar-refractivity contribution in [1.29, 1.82) is 5.26 Å². The monoisotopic (exact) mass is 419 g/mol. The largest absolute Gasteiger partial charge is 0.497 e. The van der Waals surface area contributed by atoms with Crippen molar-refractivity contribution in [3.8, 4) is 23.1 Å². The standard InChI is InChI=1S/C22H14ClN3O4/c1-29-14-3-6-18-19(10-14)26-21(25-18)13(11-24)8-15-4-7-20(30-15)12-2-5-17(23)16(9-12)22(27)28/h2-10H,1H3,(H,25,26)(H,27,28)/b13-8+. The number of halogens is 1. The number of imidazole rings is 1. The summed E-state index contributed by atoms with van der Waals surface area (Å²) in [6.07, 6.45) is 1.56. The maximum absolute atomic E-state index is 11.3. The second-order valence-corrected chi connectivity index (χ2v) is 6.75. The number of rotatable bonds is 5. The van der Waals surface area contributed by atoms with Crippen molar-refractivity contribution in [3.63, 3.8) is 0 Å². The molecule has 0 bridgehead atoms. The first kappa shape index (κ1) is 19.3. The highest BCUT2D eigenvalue weighted by molar-refractivity contribution is 6.33. The van der Waals surface area contributed by atoms with E-state index < -0.39 is 5.97 Å². The van der Waals surface area contributed by atoms with E-state index in [1.165, 1.54) is 12.1 Å². The van der Waals surface area contributed by atoms with Crippen LogP contribution >= 0.6 is 11.6 Å². The molecule has 7 nitrogen and oxygen atoms in total. The van der Waals surface area contributed by atoms with Gasteiger partial charge in [0.25, 0.3) is 0 Å². The fourth-order valence-corrected chi connectivity index (χ4v) is 3.17. The molecule has 0 aliphatic heterocycles. The number of aromatic nitrogens is 2. The summed E-state index contributed by atoms with van der Waals surface area (Å²) in [5.41, 5.74) is 2.28. The van der Waals surface area contributed by atoms with E-state index >= 15 is 0 Å². The third-order valence-corrected chi connectivity index (χ3v) is 4.79. The van der Waals surface area contributed by atoms with Crippen LogP contribution in [0.3, 0.4) is 0 Å². The first-order valence-electron chi connectivity index (χ1n) is 8.77. The van der Waals surface area contributed by atoms with E-state index in [1.807, 2.05) is 0 Å². The molecule has 148 valence electrons. The molecule has 0 unspecified atom stereocenters. The van der Waals surface area contributed by atoms with Crippen LogP contribution in [0, 0.1) is 11.3 Å². The number of hydrogen-bond donors (Lipinski definition) is 2. The number of nitriles is 1. The number of nitrogens with zero attached hydrogens (tertiary/aromatic N) is 2. The number of hydrogen-bond acceptors (Lipinski definition) is 5. The molecule has 4 rings (SSSR count). The number of fused-ring (bicyclic) bond motifs is 1. The average Bonchev–Trinajstić information content (AvgIpc) is 3.38. The fraction of sp³-hybridized carbons (Fsp3) is 0.0455. The normalized spacial score (nSPS) is 11.4. The Labute approximate surface area is 175 Å². The predicted octanol–water partition coefficient (Wildman–Crippen LogP) is 5.25. The maximum atomic E-state index is 11.3. The quantitative estimate of drug-likeness (QED) is 0.427. The molecule has 0 saturated carbocycles. The zero-order valence-electron chi connectivity index (χ0n) is 15.6. The van der Waals surface area contributed by atoms with Crippen LogP contribution in [-0.4, -0.2) is 28.2 Å². The van der Waals surface area contributed by atoms with Gasteiger partial charge in [0.15, 0.2) is 0 Å². The minimum atomic E-state index is -1.12. The van der Waals surface area contributed by atoms with E-state index in [0.717, 1.165) is 5.52 Å². The van der Waals surface area contributed by atoms with Gasteiger partial charge in [0.05, 0.1) is 34.3 Å². The van der Waals surface area contributed by atoms with Gasteiger partial charge in [-0.3, -0.25) is 0 Å². The van der Waals surface area contributed by atoms with Crippen LogP contribution < -0.4 is 4.74 Å². The van der Waals surface area contributed by atoms with Crippen molar-refractivity contribution < 1.29 is 19.1 Å². The molecule has 0 fully saturated rings. The summed E-state index contributed by atoms with van der Waals surface area (Å²) in [5, 5.41) is 19.0. The second-order valence-electron chi connectivity index (χ2n) is 6.34. The number of nitrogens with one attached hydrogen (secondary N) is 1. The van der Waals surface area contributed by atoms with E-state index in [4.69, 9.17) is 20.8 Å². The Kier molecular flexibility index (Phi) is 5.00. The van der Waals surface area contributed by atoms with Gasteiger partial charge in [0, 0.05) is 17.7 Å². The SMILES string of the molecule is COc1ccc2nc(/C(C#N)=C/c3ccc(-c4ccc(Cl)c(C(=O)O)c4)o3)[nH]c2c1. The van der Waals surface area contributed by atoms with Crippen molar-refractivity contribution >= 4 is 40.3 Å². The van der Waals surface area contributed by atoms with E-state index in [9.17, 15) is 15.2 Å². The number of ether oxygens (including phenoxy) is 1. The molecule has 0 aliphatic rings. The van der Waals surface area contributed by atoms with Crippen molar-refractivity contribution in [1.82, 2.24) is 9.97 Å². The molecule has 2 aromatic carbocycles. The van der Waals surface area contributed by atoms with Crippen LogP contribution in [-0.2, 0) is 0 Å². The van der Waals surface area contributed by atoms with Gasteiger partial charge in [-0.2, -0.15) is 5.26 Å². The molecule has 8 heteroatoms. The smallest absolute Gasteiger partial charge is 0.337 e. The number of carboxylic acids is 1. The summed E-state index contributed by atoms with van der Waals surface area (Å²) in [6, 6.07) is 15.5. The summed E-state index contributed by atoms with van der Waals surface area (Å²) < 4.78 is 11.0. The van der Waals surface area contributed by atoms with Gasteiger partial charge in [-0.15, -0.1) is 0 Å². The molecule has 0 saturated heterocycles. The number of aromatic carboxylic acids is 1. The van der Waals surface area contributed by atoms with Gasteiger partial charge in [0.2, 0.25) is 0 Å². The molecule has 2 N–H and O–H groups in total. The van der Waals surface area contributed by atoms with Gasteiger partial charge >= 0.3 is 5.97 Å². The third kappa shape index (κ3) is 3.64. The predicted molar refractivity (Wildman–Crippen MR) is 112 cm³/mol. The Hall–Kier alpha value is -4.02. The highest BCUT2D eigenvalue weighted by Gasteiger charge is 2.13. The highest BCUT2D eigenvalue weighted by atomic mass is 35.5. The zero-order valence-corrected chi connectivity index (χ0v) is 16.4. The van der Waals surface area contributed by atoms with Crippen molar-refractivity contribution in [2.75, 3.05) is 7.11 Å². The van der Waals surface area contributed by atoms with Crippen molar-refractivity contribution in [3.05, 3.63) is 70.7 Å². The van der Waals surface area contributed by atoms with Crippen LogP contribution in [0.25, 0.3) is 34.0 Å². The van der Waals surface area contributed by atoms with Gasteiger partial charge in [-0.1, -0.05) is 11.6 Å². The van der Waals surface area contributed by atoms with Crippen LogP contribution in [0.4, 0.5) is 0 Å². The summed E-state index contributed by atoms with van der Waals surface area (Å²) >= 11 is 5.92. The Morgan fingerprint density at radius 3 is 2.83 bits per heavy atom. The molecular weight excluding hydrogens is 406 g/mol. The summed E-state index contributed by atoms with van der Waals surface area (Å²) in [4.78, 5) is 18.8. The lowest BCUT2D eigenvalue weighted by Gasteiger charge is -2.02. The third-order valence-electron chi connectivity index (χ3n) is 4.46. The van der Waals surface area contributed by atoms with Crippen molar-refractivity contribution in [2.24, 2.45) is 0 Å². The number of benzene rings is 2. The Morgan fingerprint density at radius 2 is 2.10 bits per heavy atom. The van der Waals surface area contributed by atoms with Crippen LogP contribution in [0.5, 0.6) is 5.75 Å². The zero-order chi connectivity index (χ0) is 21.3. The minimum Gasteiger partial charge on any atom is -0.497 e. The minimum absolute atomic E-state index is 0.0157. The first-order valence-corrected chi connectivity index (χ1v) is 9.15. The molecule has 0 atom stereocenters. The Bertz CT molecular complexity index is 1340. The summed E-state index contributed by atoms with van der Waals surface area (Å²) in [7, 11) is 1.58. The molecule has 0 radical (unpaired) electrons. The van der Waals surface area contributed by atoms with Crippen LogP contribution in [0.15, 0.2) is 52.9 Å². The lowest BCUT2D eigenvalue weighted by atomic mass is 10.1. The number of carboxylic acid groups (broad SMARTS) is 1. The number of allylic oxidation sites excluding steroid dienone is 1. The van der Waals surface area contributed by atoms with E-state index in [2.05, 4.69) is 16.0 Å². The Morgan fingerprint density at radius 1 is 1.27 bits per heavy atom. The summed E-state index contributed by atoms with van der Waals surface area (Å²) in [6.45, 7) is 0. The van der Waals surface area contributed by atoms with Crippen molar-refractivity contribution in [2.45, 2.75) is 0 Å². The molecular formula is C22H14ClN3O4. The number of methoxy groups -OCH3 is 1. The molecule has 0 spiro atoms. The molecule has 2 heterocycles. The second kappa shape index (κ2) is 7.78. The van der Waals surface area contributed by atoms with E-state index in [-0.39, 0.29) is 16.2 Å². The average molecular weight is 420 g/mol. The van der Waals surface area contributed by atoms with Crippen LogP contribution in [0.1, 0.15) is 21.9 Å². The maximum Gasteiger partial charge on any atom is 0.337 e. The number of H-pyrrole nitrogens is 1.